The van der Waals surface area contributed by atoms with Crippen LogP contribution in [0.1, 0.15) is 18.9 Å². The Balaban J connectivity index is 2.34. The highest BCUT2D eigenvalue weighted by Crippen LogP contribution is 2.29. The number of halogens is 2. The van der Waals surface area contributed by atoms with Gasteiger partial charge < -0.3 is 10.2 Å². The molecule has 1 heterocycles. The summed E-state index contributed by atoms with van der Waals surface area (Å²) in [5.41, 5.74) is 3.28. The summed E-state index contributed by atoms with van der Waals surface area (Å²) >= 11 is 3.09. The fraction of sp³-hybridized carbons (Fsp3) is 0.231. The molecule has 0 atom stereocenters. The largest absolute Gasteiger partial charge is 0.438 e. The second-order valence-corrected chi connectivity index (χ2v) is 4.93. The van der Waals surface area contributed by atoms with E-state index in [2.05, 4.69) is 31.3 Å². The van der Waals surface area contributed by atoms with Crippen molar-refractivity contribution in [1.29, 1.82) is 0 Å². The van der Waals surface area contributed by atoms with Crippen LogP contribution in [-0.4, -0.2) is 9.97 Å². The summed E-state index contributed by atoms with van der Waals surface area (Å²) in [5.74, 6) is 6.27. The van der Waals surface area contributed by atoms with Gasteiger partial charge in [-0.15, -0.1) is 0 Å². The Morgan fingerprint density at radius 3 is 2.85 bits per heavy atom. The SMILES string of the molecule is CCCc1c(NN)ncnc1Oc1ccc(Br)c(F)c1. The van der Waals surface area contributed by atoms with Gasteiger partial charge in [-0.1, -0.05) is 13.3 Å². The average Bonchev–Trinajstić information content (AvgIpc) is 2.45. The Morgan fingerprint density at radius 2 is 2.20 bits per heavy atom. The molecule has 0 amide bonds. The van der Waals surface area contributed by atoms with Gasteiger partial charge in [-0.3, -0.25) is 0 Å². The van der Waals surface area contributed by atoms with E-state index in [4.69, 9.17) is 10.6 Å². The maximum absolute atomic E-state index is 13.5. The molecule has 0 radical (unpaired) electrons. The number of benzene rings is 1. The number of hydrazine groups is 1. The number of aromatic nitrogens is 2. The summed E-state index contributed by atoms with van der Waals surface area (Å²) in [6.07, 6.45) is 2.93. The molecule has 2 rings (SSSR count). The fourth-order valence-corrected chi connectivity index (χ4v) is 1.98. The molecule has 0 unspecified atom stereocenters. The first-order valence-corrected chi connectivity index (χ1v) is 6.88. The quantitative estimate of drug-likeness (QED) is 0.644. The smallest absolute Gasteiger partial charge is 0.227 e. The summed E-state index contributed by atoms with van der Waals surface area (Å²) in [4.78, 5) is 8.13. The van der Waals surface area contributed by atoms with Crippen molar-refractivity contribution in [2.24, 2.45) is 5.84 Å². The molecule has 106 valence electrons. The number of nitrogens with zero attached hydrogens (tertiary/aromatic N) is 2. The van der Waals surface area contributed by atoms with E-state index < -0.39 is 5.82 Å². The van der Waals surface area contributed by atoms with Gasteiger partial charge in [-0.2, -0.15) is 0 Å². The second kappa shape index (κ2) is 6.62. The maximum Gasteiger partial charge on any atom is 0.227 e. The van der Waals surface area contributed by atoms with Crippen LogP contribution >= 0.6 is 15.9 Å². The molecule has 5 nitrogen and oxygen atoms in total. The lowest BCUT2D eigenvalue weighted by molar-refractivity contribution is 0.449. The average molecular weight is 341 g/mol. The van der Waals surface area contributed by atoms with Crippen molar-refractivity contribution in [1.82, 2.24) is 9.97 Å². The van der Waals surface area contributed by atoms with E-state index >= 15 is 0 Å². The highest BCUT2D eigenvalue weighted by atomic mass is 79.9. The minimum absolute atomic E-state index is 0.365. The van der Waals surface area contributed by atoms with Gasteiger partial charge in [0.25, 0.3) is 0 Å². The summed E-state index contributed by atoms with van der Waals surface area (Å²) in [6.45, 7) is 2.02. The van der Waals surface area contributed by atoms with E-state index in [1.165, 1.54) is 12.4 Å². The van der Waals surface area contributed by atoms with Gasteiger partial charge in [0, 0.05) is 6.07 Å². The van der Waals surface area contributed by atoms with Crippen LogP contribution in [0.25, 0.3) is 0 Å². The Morgan fingerprint density at radius 1 is 1.40 bits per heavy atom. The Kier molecular flexibility index (Phi) is 4.86. The van der Waals surface area contributed by atoms with Gasteiger partial charge in [0.15, 0.2) is 0 Å². The molecule has 3 N–H and O–H groups in total. The zero-order valence-electron chi connectivity index (χ0n) is 10.9. The predicted octanol–water partition coefficient (Wildman–Crippen LogP) is 3.41. The molecule has 0 aliphatic carbocycles. The van der Waals surface area contributed by atoms with E-state index in [-0.39, 0.29) is 0 Å². The number of nitrogen functional groups attached to an aromatic ring is 1. The molecule has 7 heteroatoms. The van der Waals surface area contributed by atoms with Crippen molar-refractivity contribution >= 4 is 21.7 Å². The maximum atomic E-state index is 13.5. The second-order valence-electron chi connectivity index (χ2n) is 4.08. The standard InChI is InChI=1S/C13H14BrFN4O/c1-2-3-9-12(19-16)17-7-18-13(9)20-8-4-5-10(14)11(15)6-8/h4-7H,2-3,16H2,1H3,(H,17,18,19). The first-order chi connectivity index (χ1) is 9.65. The zero-order valence-corrected chi connectivity index (χ0v) is 12.4. The van der Waals surface area contributed by atoms with E-state index in [1.54, 1.807) is 12.1 Å². The summed E-state index contributed by atoms with van der Waals surface area (Å²) in [6, 6.07) is 4.52. The number of nitrogens with one attached hydrogen (secondary N) is 1. The van der Waals surface area contributed by atoms with Gasteiger partial charge in [-0.25, -0.2) is 20.2 Å². The first-order valence-electron chi connectivity index (χ1n) is 6.09. The fourth-order valence-electron chi connectivity index (χ4n) is 1.74. The highest BCUT2D eigenvalue weighted by Gasteiger charge is 2.13. The number of anilines is 1. The van der Waals surface area contributed by atoms with Crippen molar-refractivity contribution < 1.29 is 9.13 Å². The van der Waals surface area contributed by atoms with E-state index in [0.717, 1.165) is 12.0 Å². The lowest BCUT2D eigenvalue weighted by Gasteiger charge is -2.12. The minimum atomic E-state index is -0.397. The van der Waals surface area contributed by atoms with Crippen molar-refractivity contribution in [2.45, 2.75) is 19.8 Å². The van der Waals surface area contributed by atoms with E-state index in [9.17, 15) is 4.39 Å². The van der Waals surface area contributed by atoms with Gasteiger partial charge in [0.05, 0.1) is 10.0 Å². The van der Waals surface area contributed by atoms with Crippen molar-refractivity contribution in [3.63, 3.8) is 0 Å². The highest BCUT2D eigenvalue weighted by molar-refractivity contribution is 9.10. The molecule has 2 aromatic rings. The van der Waals surface area contributed by atoms with Crippen LogP contribution in [0.4, 0.5) is 10.2 Å². The van der Waals surface area contributed by atoms with Crippen LogP contribution in [0.15, 0.2) is 29.0 Å². The normalized spacial score (nSPS) is 10.4. The van der Waals surface area contributed by atoms with Crippen molar-refractivity contribution in [3.8, 4) is 11.6 Å². The third kappa shape index (κ3) is 3.23. The topological polar surface area (TPSA) is 73.1 Å². The van der Waals surface area contributed by atoms with Crippen LogP contribution in [0, 0.1) is 5.82 Å². The molecular weight excluding hydrogens is 327 g/mol. The molecule has 0 aliphatic rings. The number of nitrogens with two attached hydrogens (primary N) is 1. The minimum Gasteiger partial charge on any atom is -0.438 e. The predicted molar refractivity (Wildman–Crippen MR) is 78.0 cm³/mol. The summed E-state index contributed by atoms with van der Waals surface area (Å²) in [5, 5.41) is 0. The molecule has 0 saturated carbocycles. The van der Waals surface area contributed by atoms with Gasteiger partial charge in [-0.05, 0) is 34.5 Å². The lowest BCUT2D eigenvalue weighted by atomic mass is 10.2. The molecule has 0 saturated heterocycles. The van der Waals surface area contributed by atoms with Crippen LogP contribution < -0.4 is 16.0 Å². The molecule has 0 bridgehead atoms. The molecule has 0 spiro atoms. The Hall–Kier alpha value is -1.73. The summed E-state index contributed by atoms with van der Waals surface area (Å²) in [7, 11) is 0. The summed E-state index contributed by atoms with van der Waals surface area (Å²) < 4.78 is 19.5. The number of hydrogen-bond donors (Lipinski definition) is 2. The van der Waals surface area contributed by atoms with E-state index in [1.807, 2.05) is 6.92 Å². The number of rotatable bonds is 5. The molecule has 20 heavy (non-hydrogen) atoms. The van der Waals surface area contributed by atoms with E-state index in [0.29, 0.717) is 28.3 Å². The molecule has 1 aromatic heterocycles. The Labute approximate surface area is 124 Å². The lowest BCUT2D eigenvalue weighted by Crippen LogP contribution is -2.12. The van der Waals surface area contributed by atoms with Crippen LogP contribution in [0.5, 0.6) is 11.6 Å². The van der Waals surface area contributed by atoms with Crippen LogP contribution in [0.2, 0.25) is 0 Å². The van der Waals surface area contributed by atoms with Crippen LogP contribution in [0.3, 0.4) is 0 Å². The first kappa shape index (κ1) is 14.7. The van der Waals surface area contributed by atoms with Crippen LogP contribution in [-0.2, 0) is 6.42 Å². The Bertz CT molecular complexity index is 609. The number of ether oxygens (including phenoxy) is 1. The third-order valence-corrected chi connectivity index (χ3v) is 3.29. The van der Waals surface area contributed by atoms with Crippen molar-refractivity contribution in [2.75, 3.05) is 5.43 Å². The molecule has 1 aromatic carbocycles. The van der Waals surface area contributed by atoms with Gasteiger partial charge in [0.1, 0.15) is 23.7 Å². The molecule has 0 fully saturated rings. The molecular formula is C13H14BrFN4O. The van der Waals surface area contributed by atoms with Gasteiger partial charge >= 0.3 is 0 Å². The third-order valence-electron chi connectivity index (χ3n) is 2.65. The molecule has 0 aliphatic heterocycles. The zero-order chi connectivity index (χ0) is 14.5. The number of hydrogen-bond acceptors (Lipinski definition) is 5. The monoisotopic (exact) mass is 340 g/mol. The van der Waals surface area contributed by atoms with Gasteiger partial charge in [0.2, 0.25) is 5.88 Å². The van der Waals surface area contributed by atoms with Crippen molar-refractivity contribution in [3.05, 3.63) is 40.4 Å².